The summed E-state index contributed by atoms with van der Waals surface area (Å²) in [5.74, 6) is -0.804. The molecule has 0 aromatic heterocycles. The third-order valence-corrected chi connectivity index (χ3v) is 1.61. The van der Waals surface area contributed by atoms with E-state index in [-0.39, 0.29) is 12.4 Å². The maximum Gasteiger partial charge on any atom is 0.305 e. The van der Waals surface area contributed by atoms with Crippen molar-refractivity contribution in [1.29, 1.82) is 0 Å². The molecule has 0 bridgehead atoms. The first-order valence-electron chi connectivity index (χ1n) is 4.25. The van der Waals surface area contributed by atoms with Crippen LogP contribution in [-0.2, 0) is 0 Å². The number of benzene rings is 1. The van der Waals surface area contributed by atoms with Gasteiger partial charge in [-0.15, -0.1) is 0 Å². The van der Waals surface area contributed by atoms with Crippen molar-refractivity contribution in [2.75, 3.05) is 6.61 Å². The van der Waals surface area contributed by atoms with Gasteiger partial charge in [-0.1, -0.05) is 0 Å². The average molecular weight is 215 g/mol. The van der Waals surface area contributed by atoms with E-state index in [1.807, 2.05) is 0 Å². The second kappa shape index (κ2) is 4.70. The van der Waals surface area contributed by atoms with Crippen molar-refractivity contribution in [1.82, 2.24) is 0 Å². The molecule has 0 aliphatic rings. The molecule has 1 atom stereocenters. The van der Waals surface area contributed by atoms with Gasteiger partial charge in [-0.25, -0.2) is 0 Å². The maximum absolute atomic E-state index is 13.0. The standard InChI is InChI=1S/C9H10FNO4/c1-6(12)5-15-7-2-3-9(11(13)14)8(10)4-7/h2-4,6,12H,5H2,1H3/t6-/m1/s1. The summed E-state index contributed by atoms with van der Waals surface area (Å²) in [5, 5.41) is 19.2. The monoisotopic (exact) mass is 215 g/mol. The number of aliphatic hydroxyl groups excluding tert-OH is 1. The summed E-state index contributed by atoms with van der Waals surface area (Å²) in [7, 11) is 0. The van der Waals surface area contributed by atoms with Gasteiger partial charge in [-0.2, -0.15) is 4.39 Å². The normalized spacial score (nSPS) is 12.2. The number of hydrogen-bond donors (Lipinski definition) is 1. The van der Waals surface area contributed by atoms with Gasteiger partial charge < -0.3 is 9.84 Å². The molecular weight excluding hydrogens is 205 g/mol. The predicted molar refractivity (Wildman–Crippen MR) is 50.2 cm³/mol. The van der Waals surface area contributed by atoms with Gasteiger partial charge in [0, 0.05) is 12.1 Å². The summed E-state index contributed by atoms with van der Waals surface area (Å²) < 4.78 is 18.0. The van der Waals surface area contributed by atoms with Gasteiger partial charge in [-0.3, -0.25) is 10.1 Å². The molecule has 1 N–H and O–H groups in total. The first kappa shape index (κ1) is 11.4. The molecule has 0 heterocycles. The number of ether oxygens (including phenoxy) is 1. The molecule has 0 aliphatic carbocycles. The van der Waals surface area contributed by atoms with Crippen molar-refractivity contribution in [2.45, 2.75) is 13.0 Å². The summed E-state index contributed by atoms with van der Waals surface area (Å²) >= 11 is 0. The highest BCUT2D eigenvalue weighted by molar-refractivity contribution is 5.37. The van der Waals surface area contributed by atoms with Crippen LogP contribution in [0.15, 0.2) is 18.2 Å². The topological polar surface area (TPSA) is 72.6 Å². The number of hydrogen-bond acceptors (Lipinski definition) is 4. The van der Waals surface area contributed by atoms with Crippen LogP contribution < -0.4 is 4.74 Å². The molecule has 1 aromatic rings. The quantitative estimate of drug-likeness (QED) is 0.610. The fourth-order valence-electron chi connectivity index (χ4n) is 0.942. The SMILES string of the molecule is C[C@@H](O)COc1ccc([N+](=O)[O-])c(F)c1. The second-order valence-corrected chi connectivity index (χ2v) is 3.03. The van der Waals surface area contributed by atoms with Crippen LogP contribution in [0.2, 0.25) is 0 Å². The number of nitro groups is 1. The zero-order chi connectivity index (χ0) is 11.4. The van der Waals surface area contributed by atoms with Crippen LogP contribution in [0.5, 0.6) is 5.75 Å². The molecule has 1 aromatic carbocycles. The first-order valence-corrected chi connectivity index (χ1v) is 4.25. The molecule has 6 heteroatoms. The van der Waals surface area contributed by atoms with Crippen LogP contribution >= 0.6 is 0 Å². The van der Waals surface area contributed by atoms with E-state index in [0.29, 0.717) is 0 Å². The van der Waals surface area contributed by atoms with Crippen LogP contribution in [-0.4, -0.2) is 22.7 Å². The van der Waals surface area contributed by atoms with Crippen molar-refractivity contribution in [3.63, 3.8) is 0 Å². The molecule has 1 rings (SSSR count). The third kappa shape index (κ3) is 3.17. The molecule has 0 amide bonds. The number of nitrogens with zero attached hydrogens (tertiary/aromatic N) is 1. The second-order valence-electron chi connectivity index (χ2n) is 3.03. The Labute approximate surface area is 85.3 Å². The van der Waals surface area contributed by atoms with Gasteiger partial charge >= 0.3 is 5.69 Å². The van der Waals surface area contributed by atoms with E-state index in [2.05, 4.69) is 0 Å². The van der Waals surface area contributed by atoms with Crippen molar-refractivity contribution >= 4 is 5.69 Å². The fourth-order valence-corrected chi connectivity index (χ4v) is 0.942. The Hall–Kier alpha value is -1.69. The molecule has 0 unspecified atom stereocenters. The van der Waals surface area contributed by atoms with Gasteiger partial charge in [0.15, 0.2) is 0 Å². The minimum atomic E-state index is -0.955. The summed E-state index contributed by atoms with van der Waals surface area (Å²) in [6.07, 6.45) is -0.678. The minimum absolute atomic E-state index is 0.0112. The Kier molecular flexibility index (Phi) is 3.56. The van der Waals surface area contributed by atoms with E-state index < -0.39 is 22.5 Å². The zero-order valence-electron chi connectivity index (χ0n) is 8.01. The van der Waals surface area contributed by atoms with Gasteiger partial charge in [0.05, 0.1) is 11.0 Å². The Balaban J connectivity index is 2.78. The fraction of sp³-hybridized carbons (Fsp3) is 0.333. The summed E-state index contributed by atoms with van der Waals surface area (Å²) in [6, 6.07) is 3.22. The molecular formula is C9H10FNO4. The van der Waals surface area contributed by atoms with E-state index in [4.69, 9.17) is 9.84 Å². The Morgan fingerprint density at radius 1 is 1.67 bits per heavy atom. The summed E-state index contributed by atoms with van der Waals surface area (Å²) in [5.41, 5.74) is -0.598. The largest absolute Gasteiger partial charge is 0.491 e. The van der Waals surface area contributed by atoms with E-state index in [1.165, 1.54) is 13.0 Å². The predicted octanol–water partition coefficient (Wildman–Crippen LogP) is 1.49. The van der Waals surface area contributed by atoms with Crippen LogP contribution in [0.3, 0.4) is 0 Å². The molecule has 15 heavy (non-hydrogen) atoms. The smallest absolute Gasteiger partial charge is 0.305 e. The number of nitro benzene ring substituents is 1. The highest BCUT2D eigenvalue weighted by Crippen LogP contribution is 2.22. The van der Waals surface area contributed by atoms with Gasteiger partial charge in [0.1, 0.15) is 12.4 Å². The number of rotatable bonds is 4. The van der Waals surface area contributed by atoms with Gasteiger partial charge in [0.25, 0.3) is 0 Å². The Morgan fingerprint density at radius 2 is 2.33 bits per heavy atom. The van der Waals surface area contributed by atoms with E-state index in [1.54, 1.807) is 0 Å². The lowest BCUT2D eigenvalue weighted by molar-refractivity contribution is -0.387. The molecule has 5 nitrogen and oxygen atoms in total. The number of aliphatic hydroxyl groups is 1. The lowest BCUT2D eigenvalue weighted by Crippen LogP contribution is -2.12. The molecule has 0 spiro atoms. The van der Waals surface area contributed by atoms with E-state index in [9.17, 15) is 14.5 Å². The Bertz CT molecular complexity index is 367. The van der Waals surface area contributed by atoms with Crippen LogP contribution in [0.4, 0.5) is 10.1 Å². The molecule has 0 fully saturated rings. The average Bonchev–Trinajstić information content (AvgIpc) is 2.14. The van der Waals surface area contributed by atoms with Crippen molar-refractivity contribution in [3.05, 3.63) is 34.1 Å². The molecule has 0 aliphatic heterocycles. The van der Waals surface area contributed by atoms with Crippen molar-refractivity contribution < 1.29 is 19.2 Å². The van der Waals surface area contributed by atoms with E-state index in [0.717, 1.165) is 12.1 Å². The lowest BCUT2D eigenvalue weighted by Gasteiger charge is -2.07. The maximum atomic E-state index is 13.0. The summed E-state index contributed by atoms with van der Waals surface area (Å²) in [6.45, 7) is 1.53. The molecule has 0 saturated carbocycles. The number of halogens is 1. The zero-order valence-corrected chi connectivity index (χ0v) is 8.01. The van der Waals surface area contributed by atoms with E-state index >= 15 is 0 Å². The van der Waals surface area contributed by atoms with Crippen LogP contribution in [0.1, 0.15) is 6.92 Å². The minimum Gasteiger partial charge on any atom is -0.491 e. The Morgan fingerprint density at radius 3 is 2.80 bits per heavy atom. The molecule has 82 valence electrons. The molecule has 0 radical (unpaired) electrons. The van der Waals surface area contributed by atoms with Gasteiger partial charge in [0.2, 0.25) is 5.82 Å². The lowest BCUT2D eigenvalue weighted by atomic mass is 10.3. The van der Waals surface area contributed by atoms with Crippen molar-refractivity contribution in [3.8, 4) is 5.75 Å². The summed E-state index contributed by atoms with van der Waals surface area (Å²) in [4.78, 5) is 9.47. The highest BCUT2D eigenvalue weighted by atomic mass is 19.1. The van der Waals surface area contributed by atoms with Crippen LogP contribution in [0.25, 0.3) is 0 Å². The first-order chi connectivity index (χ1) is 7.00. The third-order valence-electron chi connectivity index (χ3n) is 1.61. The molecule has 0 saturated heterocycles. The van der Waals surface area contributed by atoms with Crippen molar-refractivity contribution in [2.24, 2.45) is 0 Å². The van der Waals surface area contributed by atoms with Gasteiger partial charge in [-0.05, 0) is 13.0 Å². The van der Waals surface area contributed by atoms with Crippen LogP contribution in [0, 0.1) is 15.9 Å². The highest BCUT2D eigenvalue weighted by Gasteiger charge is 2.14.